The highest BCUT2D eigenvalue weighted by molar-refractivity contribution is 7.81. The molecule has 0 saturated carbocycles. The number of anilines is 2. The third-order valence-electron chi connectivity index (χ3n) is 3.24. The first-order valence-corrected chi connectivity index (χ1v) is 6.80. The van der Waals surface area contributed by atoms with Crippen LogP contribution in [0.5, 0.6) is 0 Å². The van der Waals surface area contributed by atoms with Gasteiger partial charge in [-0.15, -0.1) is 0 Å². The van der Waals surface area contributed by atoms with Crippen LogP contribution >= 0.6 is 12.2 Å². The molecule has 0 saturated heterocycles. The average Bonchev–Trinajstić information content (AvgIpc) is 2.48. The summed E-state index contributed by atoms with van der Waals surface area (Å²) < 4.78 is 0. The lowest BCUT2D eigenvalue weighted by Gasteiger charge is -2.12. The number of benzene rings is 3. The van der Waals surface area contributed by atoms with E-state index < -0.39 is 0 Å². The van der Waals surface area contributed by atoms with Crippen LogP contribution in [-0.4, -0.2) is 4.99 Å². The van der Waals surface area contributed by atoms with Crippen LogP contribution in [0.3, 0.4) is 0 Å². The summed E-state index contributed by atoms with van der Waals surface area (Å²) in [6.45, 7) is 0. The fraction of sp³-hybridized carbons (Fsp3) is 0. The van der Waals surface area contributed by atoms with Gasteiger partial charge >= 0.3 is 0 Å². The van der Waals surface area contributed by atoms with Gasteiger partial charge in [-0.2, -0.15) is 0 Å². The van der Waals surface area contributed by atoms with Crippen molar-refractivity contribution in [2.75, 3.05) is 11.1 Å². The number of nitrogens with one attached hydrogen (secondary N) is 1. The molecule has 0 spiro atoms. The van der Waals surface area contributed by atoms with Crippen molar-refractivity contribution in [2.45, 2.75) is 0 Å². The predicted molar refractivity (Wildman–Crippen MR) is 90.1 cm³/mol. The van der Waals surface area contributed by atoms with Crippen molar-refractivity contribution in [3.05, 3.63) is 72.3 Å². The molecule has 2 nitrogen and oxygen atoms in total. The molecule has 20 heavy (non-hydrogen) atoms. The maximum Gasteiger partial charge on any atom is 0.113 e. The SMILES string of the molecule is Nc1ccccc1C(=S)Nc1cccc2ccccc12. The van der Waals surface area contributed by atoms with Gasteiger partial charge in [-0.1, -0.05) is 60.7 Å². The Balaban J connectivity index is 1.98. The quantitative estimate of drug-likeness (QED) is 0.545. The molecule has 98 valence electrons. The zero-order valence-corrected chi connectivity index (χ0v) is 11.7. The summed E-state index contributed by atoms with van der Waals surface area (Å²) in [5.74, 6) is 0. The van der Waals surface area contributed by atoms with E-state index in [1.54, 1.807) is 0 Å². The van der Waals surface area contributed by atoms with Crippen LogP contribution in [0.2, 0.25) is 0 Å². The first-order valence-electron chi connectivity index (χ1n) is 6.39. The number of hydrogen-bond donors (Lipinski definition) is 2. The lowest BCUT2D eigenvalue weighted by Crippen LogP contribution is -2.12. The molecule has 0 aliphatic heterocycles. The molecule has 0 aliphatic carbocycles. The highest BCUT2D eigenvalue weighted by atomic mass is 32.1. The van der Waals surface area contributed by atoms with Gasteiger partial charge in [-0.25, -0.2) is 0 Å². The minimum absolute atomic E-state index is 0.638. The Kier molecular flexibility index (Phi) is 3.35. The fourth-order valence-electron chi connectivity index (χ4n) is 2.23. The lowest BCUT2D eigenvalue weighted by molar-refractivity contribution is 1.62. The van der Waals surface area contributed by atoms with Gasteiger partial charge in [0.25, 0.3) is 0 Å². The Morgan fingerprint density at radius 3 is 2.40 bits per heavy atom. The third kappa shape index (κ3) is 2.36. The molecule has 3 rings (SSSR count). The smallest absolute Gasteiger partial charge is 0.113 e. The molecule has 3 aromatic carbocycles. The van der Waals surface area contributed by atoms with Crippen molar-refractivity contribution in [3.63, 3.8) is 0 Å². The normalized spacial score (nSPS) is 10.4. The number of fused-ring (bicyclic) bond motifs is 1. The summed E-state index contributed by atoms with van der Waals surface area (Å²) in [6.07, 6.45) is 0. The van der Waals surface area contributed by atoms with Crippen LogP contribution in [0, 0.1) is 0 Å². The van der Waals surface area contributed by atoms with Crippen LogP contribution in [0.4, 0.5) is 11.4 Å². The molecule has 0 heterocycles. The van der Waals surface area contributed by atoms with Crippen LogP contribution < -0.4 is 11.1 Å². The highest BCUT2D eigenvalue weighted by Gasteiger charge is 2.07. The maximum absolute atomic E-state index is 5.96. The minimum Gasteiger partial charge on any atom is -0.398 e. The molecule has 0 atom stereocenters. The van der Waals surface area contributed by atoms with Gasteiger partial charge in [0.1, 0.15) is 4.99 Å². The number of hydrogen-bond acceptors (Lipinski definition) is 2. The number of para-hydroxylation sites is 1. The van der Waals surface area contributed by atoms with E-state index >= 15 is 0 Å². The highest BCUT2D eigenvalue weighted by Crippen LogP contribution is 2.24. The lowest BCUT2D eigenvalue weighted by atomic mass is 10.1. The first-order chi connectivity index (χ1) is 9.75. The molecular formula is C17H14N2S. The second kappa shape index (κ2) is 5.31. The third-order valence-corrected chi connectivity index (χ3v) is 3.57. The standard InChI is InChI=1S/C17H14N2S/c18-15-10-4-3-9-14(15)17(20)19-16-11-5-7-12-6-1-2-8-13(12)16/h1-11H,18H2,(H,19,20). The van der Waals surface area contributed by atoms with Crippen molar-refractivity contribution in [3.8, 4) is 0 Å². The number of thiocarbonyl (C=S) groups is 1. The van der Waals surface area contributed by atoms with Gasteiger partial charge in [-0.05, 0) is 23.6 Å². The molecular weight excluding hydrogens is 264 g/mol. The molecule has 3 N–H and O–H groups in total. The van der Waals surface area contributed by atoms with Crippen LogP contribution in [0.25, 0.3) is 10.8 Å². The Hall–Kier alpha value is -2.39. The van der Waals surface area contributed by atoms with E-state index in [-0.39, 0.29) is 0 Å². The van der Waals surface area contributed by atoms with Crippen LogP contribution in [0.15, 0.2) is 66.7 Å². The molecule has 0 aliphatic rings. The van der Waals surface area contributed by atoms with Crippen molar-refractivity contribution in [2.24, 2.45) is 0 Å². The van der Waals surface area contributed by atoms with Crippen molar-refractivity contribution in [1.82, 2.24) is 0 Å². The zero-order chi connectivity index (χ0) is 13.9. The Bertz CT molecular complexity index is 775. The van der Waals surface area contributed by atoms with Crippen molar-refractivity contribution in [1.29, 1.82) is 0 Å². The molecule has 0 bridgehead atoms. The summed E-state index contributed by atoms with van der Waals surface area (Å²) in [5.41, 5.74) is 8.50. The van der Waals surface area contributed by atoms with Gasteiger partial charge in [0, 0.05) is 22.3 Å². The average molecular weight is 278 g/mol. The van der Waals surface area contributed by atoms with E-state index in [1.807, 2.05) is 48.5 Å². The van der Waals surface area contributed by atoms with E-state index in [0.717, 1.165) is 16.6 Å². The molecule has 0 unspecified atom stereocenters. The minimum atomic E-state index is 0.638. The first kappa shape index (κ1) is 12.6. The Morgan fingerprint density at radius 2 is 1.55 bits per heavy atom. The van der Waals surface area contributed by atoms with Crippen molar-refractivity contribution >= 4 is 39.4 Å². The molecule has 0 amide bonds. The van der Waals surface area contributed by atoms with Gasteiger partial charge in [0.2, 0.25) is 0 Å². The van der Waals surface area contributed by atoms with Gasteiger partial charge in [0.05, 0.1) is 0 Å². The Morgan fingerprint density at radius 1 is 0.850 bits per heavy atom. The van der Waals surface area contributed by atoms with E-state index in [9.17, 15) is 0 Å². The molecule has 3 heteroatoms. The van der Waals surface area contributed by atoms with E-state index in [4.69, 9.17) is 18.0 Å². The van der Waals surface area contributed by atoms with Crippen LogP contribution in [-0.2, 0) is 0 Å². The van der Waals surface area contributed by atoms with Crippen LogP contribution in [0.1, 0.15) is 5.56 Å². The van der Waals surface area contributed by atoms with Crippen molar-refractivity contribution < 1.29 is 0 Å². The topological polar surface area (TPSA) is 38.0 Å². The largest absolute Gasteiger partial charge is 0.398 e. The second-order valence-corrected chi connectivity index (χ2v) is 4.98. The maximum atomic E-state index is 5.96. The number of rotatable bonds is 2. The fourth-order valence-corrected chi connectivity index (χ4v) is 2.52. The number of nitrogens with two attached hydrogens (primary N) is 1. The zero-order valence-electron chi connectivity index (χ0n) is 10.8. The van der Waals surface area contributed by atoms with Gasteiger partial charge in [-0.3, -0.25) is 0 Å². The summed E-state index contributed by atoms with van der Waals surface area (Å²) in [7, 11) is 0. The summed E-state index contributed by atoms with van der Waals surface area (Å²) in [6, 6.07) is 21.9. The van der Waals surface area contributed by atoms with E-state index in [2.05, 4.69) is 23.5 Å². The second-order valence-electron chi connectivity index (χ2n) is 4.57. The van der Waals surface area contributed by atoms with Gasteiger partial charge < -0.3 is 11.1 Å². The number of nitrogen functional groups attached to an aromatic ring is 1. The summed E-state index contributed by atoms with van der Waals surface area (Å²) in [4.78, 5) is 0.638. The summed E-state index contributed by atoms with van der Waals surface area (Å²) >= 11 is 5.46. The monoisotopic (exact) mass is 278 g/mol. The predicted octanol–water partition coefficient (Wildman–Crippen LogP) is 4.21. The molecule has 0 fully saturated rings. The molecule has 0 aromatic heterocycles. The molecule has 3 aromatic rings. The summed E-state index contributed by atoms with van der Waals surface area (Å²) in [5, 5.41) is 5.62. The van der Waals surface area contributed by atoms with Gasteiger partial charge in [0.15, 0.2) is 0 Å². The Labute approximate surface area is 123 Å². The van der Waals surface area contributed by atoms with E-state index in [1.165, 1.54) is 5.39 Å². The van der Waals surface area contributed by atoms with E-state index in [0.29, 0.717) is 10.7 Å². The molecule has 0 radical (unpaired) electrons.